The van der Waals surface area contributed by atoms with Gasteiger partial charge in [0.2, 0.25) is 0 Å². The van der Waals surface area contributed by atoms with Gasteiger partial charge in [-0.05, 0) is 37.0 Å². The average Bonchev–Trinajstić information content (AvgIpc) is 2.93. The van der Waals surface area contributed by atoms with Crippen molar-refractivity contribution in [2.45, 2.75) is 32.9 Å². The number of nitrogens with one attached hydrogen (secondary N) is 1. The van der Waals surface area contributed by atoms with Gasteiger partial charge in [0.05, 0.1) is 0 Å². The molecular weight excluding hydrogens is 282 g/mol. The Balaban J connectivity index is 0.00000161. The Morgan fingerprint density at radius 1 is 1.14 bits per heavy atom. The lowest BCUT2D eigenvalue weighted by atomic mass is 10.0. The second-order valence-corrected chi connectivity index (χ2v) is 6.32. The van der Waals surface area contributed by atoms with Crippen molar-refractivity contribution in [2.75, 3.05) is 39.3 Å². The number of nitrogens with zero attached hydrogens (tertiary/aromatic N) is 2. The zero-order valence-corrected chi connectivity index (χ0v) is 14.1. The van der Waals surface area contributed by atoms with Crippen molar-refractivity contribution in [1.82, 2.24) is 15.1 Å². The summed E-state index contributed by atoms with van der Waals surface area (Å²) in [5.41, 5.74) is 4.39. The molecule has 2 saturated heterocycles. The summed E-state index contributed by atoms with van der Waals surface area (Å²) >= 11 is 0. The number of rotatable bonds is 3. The molecule has 0 amide bonds. The highest BCUT2D eigenvalue weighted by molar-refractivity contribution is 5.85. The first-order chi connectivity index (χ1) is 9.74. The fourth-order valence-corrected chi connectivity index (χ4v) is 3.53. The van der Waals surface area contributed by atoms with Gasteiger partial charge in [-0.2, -0.15) is 0 Å². The maximum Gasteiger partial charge on any atom is 0.0237 e. The van der Waals surface area contributed by atoms with Crippen LogP contribution < -0.4 is 5.32 Å². The Labute approximate surface area is 135 Å². The lowest BCUT2D eigenvalue weighted by molar-refractivity contribution is 0.170. The van der Waals surface area contributed by atoms with E-state index in [-0.39, 0.29) is 12.4 Å². The molecule has 2 heterocycles. The minimum absolute atomic E-state index is 0. The van der Waals surface area contributed by atoms with E-state index in [9.17, 15) is 0 Å². The zero-order valence-electron chi connectivity index (χ0n) is 13.3. The van der Waals surface area contributed by atoms with E-state index in [1.807, 2.05) is 0 Å². The third-order valence-electron chi connectivity index (χ3n) is 5.03. The molecule has 2 aliphatic heterocycles. The number of piperazine rings is 1. The largest absolute Gasteiger partial charge is 0.314 e. The molecule has 4 heteroatoms. The topological polar surface area (TPSA) is 18.5 Å². The number of hydrogen-bond acceptors (Lipinski definition) is 3. The molecule has 0 aromatic heterocycles. The van der Waals surface area contributed by atoms with Crippen LogP contribution in [-0.2, 0) is 6.54 Å². The van der Waals surface area contributed by atoms with Crippen LogP contribution in [0, 0.1) is 13.8 Å². The third-order valence-corrected chi connectivity index (χ3v) is 5.03. The zero-order chi connectivity index (χ0) is 13.9. The highest BCUT2D eigenvalue weighted by Gasteiger charge is 2.28. The van der Waals surface area contributed by atoms with Gasteiger partial charge in [-0.25, -0.2) is 0 Å². The van der Waals surface area contributed by atoms with Crippen LogP contribution in [0.3, 0.4) is 0 Å². The van der Waals surface area contributed by atoms with E-state index in [2.05, 4.69) is 47.2 Å². The molecular formula is C17H28ClN3. The fraction of sp³-hybridized carbons (Fsp3) is 0.647. The Hall–Kier alpha value is -0.610. The summed E-state index contributed by atoms with van der Waals surface area (Å²) in [4.78, 5) is 5.31. The van der Waals surface area contributed by atoms with Crippen LogP contribution in [0.5, 0.6) is 0 Å². The van der Waals surface area contributed by atoms with Gasteiger partial charge in [-0.15, -0.1) is 12.4 Å². The summed E-state index contributed by atoms with van der Waals surface area (Å²) in [6.07, 6.45) is 1.34. The Kier molecular flexibility index (Phi) is 6.06. The minimum Gasteiger partial charge on any atom is -0.314 e. The van der Waals surface area contributed by atoms with Crippen LogP contribution in [0.4, 0.5) is 0 Å². The first-order valence-electron chi connectivity index (χ1n) is 7.96. The van der Waals surface area contributed by atoms with Crippen molar-refractivity contribution in [1.29, 1.82) is 0 Å². The molecule has 2 fully saturated rings. The first-order valence-corrected chi connectivity index (χ1v) is 7.96. The maximum absolute atomic E-state index is 3.45. The van der Waals surface area contributed by atoms with Crippen LogP contribution >= 0.6 is 12.4 Å². The van der Waals surface area contributed by atoms with Crippen molar-refractivity contribution in [3.63, 3.8) is 0 Å². The molecule has 118 valence electrons. The molecule has 0 aliphatic carbocycles. The summed E-state index contributed by atoms with van der Waals surface area (Å²) in [5.74, 6) is 0. The van der Waals surface area contributed by atoms with Gasteiger partial charge in [-0.3, -0.25) is 9.80 Å². The van der Waals surface area contributed by atoms with E-state index in [0.29, 0.717) is 0 Å². The van der Waals surface area contributed by atoms with Crippen LogP contribution in [0.2, 0.25) is 0 Å². The Morgan fingerprint density at radius 3 is 2.67 bits per heavy atom. The van der Waals surface area contributed by atoms with Gasteiger partial charge in [-0.1, -0.05) is 18.2 Å². The first kappa shape index (κ1) is 16.8. The van der Waals surface area contributed by atoms with Gasteiger partial charge in [0, 0.05) is 51.9 Å². The summed E-state index contributed by atoms with van der Waals surface area (Å²) in [5, 5.41) is 3.45. The van der Waals surface area contributed by atoms with Gasteiger partial charge in [0.25, 0.3) is 0 Å². The van der Waals surface area contributed by atoms with E-state index >= 15 is 0 Å². The smallest absolute Gasteiger partial charge is 0.0237 e. The minimum atomic E-state index is 0. The number of hydrogen-bond donors (Lipinski definition) is 1. The van der Waals surface area contributed by atoms with Crippen molar-refractivity contribution in [3.05, 3.63) is 34.9 Å². The third kappa shape index (κ3) is 3.98. The summed E-state index contributed by atoms with van der Waals surface area (Å²) in [7, 11) is 0. The van der Waals surface area contributed by atoms with Gasteiger partial charge in [0.15, 0.2) is 0 Å². The molecule has 1 aromatic rings. The quantitative estimate of drug-likeness (QED) is 0.923. The summed E-state index contributed by atoms with van der Waals surface area (Å²) in [6.45, 7) is 12.9. The SMILES string of the molecule is Cc1cccc(CN2CCC(N3CCNCC3)C2)c1C.Cl. The van der Waals surface area contributed by atoms with E-state index in [4.69, 9.17) is 0 Å². The highest BCUT2D eigenvalue weighted by Crippen LogP contribution is 2.21. The monoisotopic (exact) mass is 309 g/mol. The molecule has 21 heavy (non-hydrogen) atoms. The Bertz CT molecular complexity index is 457. The summed E-state index contributed by atoms with van der Waals surface area (Å²) < 4.78 is 0. The molecule has 1 N–H and O–H groups in total. The molecule has 1 unspecified atom stereocenters. The van der Waals surface area contributed by atoms with Crippen molar-refractivity contribution >= 4 is 12.4 Å². The second-order valence-electron chi connectivity index (χ2n) is 6.32. The predicted octanol–water partition coefficient (Wildman–Crippen LogP) is 2.20. The molecule has 0 bridgehead atoms. The van der Waals surface area contributed by atoms with Crippen LogP contribution in [0.15, 0.2) is 18.2 Å². The van der Waals surface area contributed by atoms with Crippen LogP contribution in [0.1, 0.15) is 23.1 Å². The van der Waals surface area contributed by atoms with Gasteiger partial charge in [0.1, 0.15) is 0 Å². The molecule has 2 aliphatic rings. The normalized spacial score (nSPS) is 24.0. The summed E-state index contributed by atoms with van der Waals surface area (Å²) in [6, 6.07) is 7.48. The van der Waals surface area contributed by atoms with Crippen molar-refractivity contribution in [3.8, 4) is 0 Å². The predicted molar refractivity (Wildman–Crippen MR) is 91.3 cm³/mol. The number of likely N-dealkylation sites (tertiary alicyclic amines) is 1. The standard InChI is InChI=1S/C17H27N3.ClH/c1-14-4-3-5-16(15(14)2)12-19-9-6-17(13-19)20-10-7-18-8-11-20;/h3-5,17-18H,6-13H2,1-2H3;1H. The van der Waals surface area contributed by atoms with Crippen LogP contribution in [0.25, 0.3) is 0 Å². The molecule has 3 rings (SSSR count). The molecule has 1 aromatic carbocycles. The highest BCUT2D eigenvalue weighted by atomic mass is 35.5. The van der Waals surface area contributed by atoms with Gasteiger partial charge >= 0.3 is 0 Å². The lowest BCUT2D eigenvalue weighted by Crippen LogP contribution is -2.49. The van der Waals surface area contributed by atoms with Crippen molar-refractivity contribution in [2.24, 2.45) is 0 Å². The van der Waals surface area contributed by atoms with Gasteiger partial charge < -0.3 is 5.32 Å². The van der Waals surface area contributed by atoms with E-state index < -0.39 is 0 Å². The maximum atomic E-state index is 3.45. The number of benzene rings is 1. The van der Waals surface area contributed by atoms with Crippen molar-refractivity contribution < 1.29 is 0 Å². The van der Waals surface area contributed by atoms with E-state index in [1.165, 1.54) is 49.3 Å². The average molecular weight is 310 g/mol. The van der Waals surface area contributed by atoms with E-state index in [0.717, 1.165) is 25.7 Å². The van der Waals surface area contributed by atoms with Crippen LogP contribution in [-0.4, -0.2) is 55.1 Å². The molecule has 0 saturated carbocycles. The Morgan fingerprint density at radius 2 is 1.90 bits per heavy atom. The van der Waals surface area contributed by atoms with E-state index in [1.54, 1.807) is 0 Å². The second kappa shape index (κ2) is 7.59. The lowest BCUT2D eigenvalue weighted by Gasteiger charge is -2.32. The fourth-order valence-electron chi connectivity index (χ4n) is 3.53. The number of aryl methyl sites for hydroxylation is 1. The molecule has 0 radical (unpaired) electrons. The molecule has 3 nitrogen and oxygen atoms in total. The molecule has 1 atom stereocenters. The number of halogens is 1. The molecule has 0 spiro atoms.